The molecule has 22 heavy (non-hydrogen) atoms. The van der Waals surface area contributed by atoms with Crippen molar-refractivity contribution in [3.63, 3.8) is 0 Å². The van der Waals surface area contributed by atoms with Crippen molar-refractivity contribution in [2.75, 3.05) is 18.4 Å². The zero-order chi connectivity index (χ0) is 16.1. The van der Waals surface area contributed by atoms with Crippen LogP contribution in [0.2, 0.25) is 10.0 Å². The van der Waals surface area contributed by atoms with Crippen molar-refractivity contribution in [3.05, 3.63) is 40.0 Å². The first-order valence-corrected chi connectivity index (χ1v) is 7.88. The molecule has 0 radical (unpaired) electrons. The van der Waals surface area contributed by atoms with E-state index in [1.807, 2.05) is 6.07 Å². The number of hydrogen-bond acceptors (Lipinski definition) is 3. The molecule has 0 aliphatic carbocycles. The lowest BCUT2D eigenvalue weighted by Gasteiger charge is -2.30. The van der Waals surface area contributed by atoms with Gasteiger partial charge in [0.2, 0.25) is 0 Å². The second kappa shape index (κ2) is 7.53. The van der Waals surface area contributed by atoms with Crippen LogP contribution in [-0.4, -0.2) is 23.9 Å². The number of carbonyl (C=O) groups is 1. The predicted molar refractivity (Wildman–Crippen MR) is 88.8 cm³/mol. The van der Waals surface area contributed by atoms with Gasteiger partial charge in [0, 0.05) is 19.3 Å². The Morgan fingerprint density at radius 3 is 2.50 bits per heavy atom. The van der Waals surface area contributed by atoms with Gasteiger partial charge in [-0.15, -0.1) is 0 Å². The highest BCUT2D eigenvalue weighted by Gasteiger charge is 2.23. The van der Waals surface area contributed by atoms with Crippen LogP contribution in [0.25, 0.3) is 0 Å². The summed E-state index contributed by atoms with van der Waals surface area (Å²) in [5, 5.41) is 13.0. The van der Waals surface area contributed by atoms with Crippen LogP contribution in [0.5, 0.6) is 0 Å². The summed E-state index contributed by atoms with van der Waals surface area (Å²) in [6.07, 6.45) is 3.30. The Kier molecular flexibility index (Phi) is 5.70. The van der Waals surface area contributed by atoms with Crippen LogP contribution in [0.1, 0.15) is 19.8 Å². The molecule has 6 heteroatoms. The maximum absolute atomic E-state index is 12.4. The molecule has 1 N–H and O–H groups in total. The molecule has 1 aromatic carbocycles. The average Bonchev–Trinajstić information content (AvgIpc) is 2.50. The summed E-state index contributed by atoms with van der Waals surface area (Å²) < 4.78 is 0. The number of para-hydroxylation sites is 1. The van der Waals surface area contributed by atoms with E-state index in [9.17, 15) is 10.1 Å². The lowest BCUT2D eigenvalue weighted by molar-refractivity contribution is -0.128. The molecule has 1 heterocycles. The Morgan fingerprint density at radius 1 is 1.36 bits per heavy atom. The lowest BCUT2D eigenvalue weighted by atomic mass is 9.99. The number of piperidine rings is 1. The summed E-state index contributed by atoms with van der Waals surface area (Å²) in [6, 6.07) is 7.04. The minimum atomic E-state index is -0.259. The Balaban J connectivity index is 2.11. The van der Waals surface area contributed by atoms with Gasteiger partial charge < -0.3 is 10.2 Å². The van der Waals surface area contributed by atoms with Crippen molar-refractivity contribution < 1.29 is 4.79 Å². The first-order chi connectivity index (χ1) is 10.5. The van der Waals surface area contributed by atoms with E-state index < -0.39 is 0 Å². The Bertz CT molecular complexity index is 609. The molecule has 0 aromatic heterocycles. The van der Waals surface area contributed by atoms with E-state index in [0.717, 1.165) is 12.8 Å². The number of nitrogens with zero attached hydrogens (tertiary/aromatic N) is 2. The van der Waals surface area contributed by atoms with Gasteiger partial charge in [-0.3, -0.25) is 4.79 Å². The molecule has 1 aliphatic heterocycles. The number of hydrogen-bond donors (Lipinski definition) is 1. The van der Waals surface area contributed by atoms with E-state index in [1.165, 1.54) is 6.20 Å². The number of benzene rings is 1. The molecule has 4 nitrogen and oxygen atoms in total. The summed E-state index contributed by atoms with van der Waals surface area (Å²) >= 11 is 12.1. The predicted octanol–water partition coefficient (Wildman–Crippen LogP) is 4.07. The van der Waals surface area contributed by atoms with Crippen molar-refractivity contribution in [3.8, 4) is 6.07 Å². The first kappa shape index (κ1) is 16.7. The maximum atomic E-state index is 12.4. The molecule has 0 unspecified atom stereocenters. The molecule has 1 fully saturated rings. The smallest absolute Gasteiger partial charge is 0.266 e. The van der Waals surface area contributed by atoms with Crippen LogP contribution < -0.4 is 5.32 Å². The molecular formula is C16H17Cl2N3O. The number of halogens is 2. The highest BCUT2D eigenvalue weighted by molar-refractivity contribution is 6.39. The van der Waals surface area contributed by atoms with E-state index in [-0.39, 0.29) is 11.5 Å². The van der Waals surface area contributed by atoms with Crippen molar-refractivity contribution >= 4 is 34.8 Å². The molecule has 2 rings (SSSR count). The van der Waals surface area contributed by atoms with E-state index in [1.54, 1.807) is 23.1 Å². The van der Waals surface area contributed by atoms with Crippen LogP contribution in [0.15, 0.2) is 30.0 Å². The average molecular weight is 338 g/mol. The zero-order valence-electron chi connectivity index (χ0n) is 12.3. The summed E-state index contributed by atoms with van der Waals surface area (Å²) in [6.45, 7) is 3.54. The fourth-order valence-corrected chi connectivity index (χ4v) is 2.81. The van der Waals surface area contributed by atoms with Crippen molar-refractivity contribution in [2.24, 2.45) is 5.92 Å². The van der Waals surface area contributed by atoms with Gasteiger partial charge in [0.05, 0.1) is 15.7 Å². The first-order valence-electron chi connectivity index (χ1n) is 7.13. The number of carbonyl (C=O) groups excluding carboxylic acids is 1. The molecule has 0 bridgehead atoms. The van der Waals surface area contributed by atoms with Crippen LogP contribution in [0.3, 0.4) is 0 Å². The fraction of sp³-hybridized carbons (Fsp3) is 0.375. The Morgan fingerprint density at radius 2 is 1.95 bits per heavy atom. The van der Waals surface area contributed by atoms with Crippen LogP contribution in [0, 0.1) is 17.2 Å². The maximum Gasteiger partial charge on any atom is 0.266 e. The zero-order valence-corrected chi connectivity index (χ0v) is 13.8. The molecule has 1 amide bonds. The van der Waals surface area contributed by atoms with Gasteiger partial charge in [-0.25, -0.2) is 0 Å². The largest absolute Gasteiger partial charge is 0.358 e. The molecular weight excluding hydrogens is 321 g/mol. The highest BCUT2D eigenvalue weighted by Crippen LogP contribution is 2.30. The third kappa shape index (κ3) is 3.94. The molecule has 116 valence electrons. The number of anilines is 1. The molecule has 1 saturated heterocycles. The second-order valence-electron chi connectivity index (χ2n) is 5.39. The van der Waals surface area contributed by atoms with E-state index in [2.05, 4.69) is 12.2 Å². The van der Waals surface area contributed by atoms with Gasteiger partial charge in [-0.05, 0) is 30.9 Å². The molecule has 0 atom stereocenters. The van der Waals surface area contributed by atoms with Crippen molar-refractivity contribution in [1.82, 2.24) is 4.90 Å². The van der Waals surface area contributed by atoms with Gasteiger partial charge in [0.15, 0.2) is 0 Å². The van der Waals surface area contributed by atoms with E-state index >= 15 is 0 Å². The number of nitrogens with one attached hydrogen (secondary N) is 1. The lowest BCUT2D eigenvalue weighted by Crippen LogP contribution is -2.38. The van der Waals surface area contributed by atoms with Crippen LogP contribution in [0.4, 0.5) is 5.69 Å². The summed E-state index contributed by atoms with van der Waals surface area (Å²) in [4.78, 5) is 14.1. The summed E-state index contributed by atoms with van der Waals surface area (Å²) in [5.41, 5.74) is 0.532. The third-order valence-corrected chi connectivity index (χ3v) is 4.38. The SMILES string of the molecule is CC1CCN(C(=O)/C(C#N)=C\Nc2c(Cl)cccc2Cl)CC1. The topological polar surface area (TPSA) is 56.1 Å². The number of amides is 1. The number of likely N-dealkylation sites (tertiary alicyclic amines) is 1. The summed E-state index contributed by atoms with van der Waals surface area (Å²) in [5.74, 6) is 0.365. The fourth-order valence-electron chi connectivity index (χ4n) is 2.30. The number of nitriles is 1. The van der Waals surface area contributed by atoms with E-state index in [4.69, 9.17) is 23.2 Å². The van der Waals surface area contributed by atoms with E-state index in [0.29, 0.717) is 34.7 Å². The van der Waals surface area contributed by atoms with Gasteiger partial charge in [-0.1, -0.05) is 36.2 Å². The molecule has 0 saturated carbocycles. The highest BCUT2D eigenvalue weighted by atomic mass is 35.5. The number of rotatable bonds is 3. The van der Waals surface area contributed by atoms with Crippen molar-refractivity contribution in [2.45, 2.75) is 19.8 Å². The molecule has 1 aromatic rings. The monoisotopic (exact) mass is 337 g/mol. The van der Waals surface area contributed by atoms with Crippen LogP contribution in [-0.2, 0) is 4.79 Å². The van der Waals surface area contributed by atoms with Gasteiger partial charge in [0.25, 0.3) is 5.91 Å². The van der Waals surface area contributed by atoms with Crippen molar-refractivity contribution in [1.29, 1.82) is 5.26 Å². The Hall–Kier alpha value is -1.70. The minimum Gasteiger partial charge on any atom is -0.358 e. The van der Waals surface area contributed by atoms with Gasteiger partial charge in [-0.2, -0.15) is 5.26 Å². The quantitative estimate of drug-likeness (QED) is 0.668. The van der Waals surface area contributed by atoms with Crippen LogP contribution >= 0.6 is 23.2 Å². The third-order valence-electron chi connectivity index (χ3n) is 3.75. The molecule has 1 aliphatic rings. The minimum absolute atomic E-state index is 0.0468. The molecule has 0 spiro atoms. The van der Waals surface area contributed by atoms with Gasteiger partial charge >= 0.3 is 0 Å². The second-order valence-corrected chi connectivity index (χ2v) is 6.20. The van der Waals surface area contributed by atoms with Gasteiger partial charge in [0.1, 0.15) is 11.6 Å². The normalized spacial score (nSPS) is 16.3. The summed E-state index contributed by atoms with van der Waals surface area (Å²) in [7, 11) is 0. The Labute approximate surface area is 140 Å². The standard InChI is InChI=1S/C16H17Cl2N3O/c1-11-5-7-21(8-6-11)16(22)12(9-19)10-20-15-13(17)3-2-4-14(15)18/h2-4,10-11,20H,5-8H2,1H3/b12-10-.